The van der Waals surface area contributed by atoms with Crippen LogP contribution >= 0.6 is 0 Å². The standard InChI is InChI=1S/C11H25N3/c1-10(2)8-13(3)9-11-7-12-5-6-14(11)4/h10-12H,5-9H2,1-4H3. The molecular formula is C11H25N3. The van der Waals surface area contributed by atoms with Crippen LogP contribution in [0.5, 0.6) is 0 Å². The predicted molar refractivity (Wildman–Crippen MR) is 61.6 cm³/mol. The number of nitrogens with one attached hydrogen (secondary N) is 1. The van der Waals surface area contributed by atoms with Crippen LogP contribution in [-0.4, -0.2) is 62.7 Å². The fraction of sp³-hybridized carbons (Fsp3) is 1.00. The molecule has 1 N–H and O–H groups in total. The first-order valence-corrected chi connectivity index (χ1v) is 5.69. The molecule has 1 atom stereocenters. The second-order valence-electron chi connectivity index (χ2n) is 4.95. The first-order chi connectivity index (χ1) is 6.59. The summed E-state index contributed by atoms with van der Waals surface area (Å²) in [6, 6.07) is 0.687. The van der Waals surface area contributed by atoms with Crippen LogP contribution in [0, 0.1) is 5.92 Å². The van der Waals surface area contributed by atoms with Gasteiger partial charge in [0, 0.05) is 38.8 Å². The molecule has 3 heteroatoms. The smallest absolute Gasteiger partial charge is 0.0345 e. The van der Waals surface area contributed by atoms with Gasteiger partial charge in [-0.15, -0.1) is 0 Å². The maximum absolute atomic E-state index is 3.46. The number of hydrogen-bond donors (Lipinski definition) is 1. The molecule has 0 aromatic heterocycles. The van der Waals surface area contributed by atoms with Gasteiger partial charge in [-0.05, 0) is 20.0 Å². The van der Waals surface area contributed by atoms with Crippen LogP contribution in [0.4, 0.5) is 0 Å². The lowest BCUT2D eigenvalue weighted by atomic mass is 10.1. The van der Waals surface area contributed by atoms with Gasteiger partial charge in [0.25, 0.3) is 0 Å². The van der Waals surface area contributed by atoms with Crippen LogP contribution < -0.4 is 5.32 Å². The highest BCUT2D eigenvalue weighted by atomic mass is 15.2. The predicted octanol–water partition coefficient (Wildman–Crippen LogP) is 0.478. The summed E-state index contributed by atoms with van der Waals surface area (Å²) in [7, 11) is 4.46. The summed E-state index contributed by atoms with van der Waals surface area (Å²) in [5.74, 6) is 0.766. The molecule has 84 valence electrons. The summed E-state index contributed by atoms with van der Waals surface area (Å²) in [4.78, 5) is 4.91. The van der Waals surface area contributed by atoms with Crippen LogP contribution in [0.1, 0.15) is 13.8 Å². The molecule has 1 heterocycles. The monoisotopic (exact) mass is 199 g/mol. The van der Waals surface area contributed by atoms with Gasteiger partial charge in [0.2, 0.25) is 0 Å². The SMILES string of the molecule is CC(C)CN(C)CC1CNCCN1C. The average Bonchev–Trinajstić information content (AvgIpc) is 2.07. The highest BCUT2D eigenvalue weighted by Crippen LogP contribution is 2.03. The van der Waals surface area contributed by atoms with E-state index < -0.39 is 0 Å². The van der Waals surface area contributed by atoms with Gasteiger partial charge in [-0.3, -0.25) is 4.90 Å². The summed E-state index contributed by atoms with van der Waals surface area (Å²) < 4.78 is 0. The normalized spacial score (nSPS) is 24.9. The van der Waals surface area contributed by atoms with E-state index in [1.807, 2.05) is 0 Å². The Morgan fingerprint density at radius 2 is 2.21 bits per heavy atom. The Kier molecular flexibility index (Phi) is 4.85. The van der Waals surface area contributed by atoms with Crippen LogP contribution in [0.25, 0.3) is 0 Å². The third-order valence-electron chi connectivity index (χ3n) is 2.84. The van der Waals surface area contributed by atoms with Crippen LogP contribution in [0.3, 0.4) is 0 Å². The Morgan fingerprint density at radius 1 is 1.50 bits per heavy atom. The highest BCUT2D eigenvalue weighted by molar-refractivity contribution is 4.79. The largest absolute Gasteiger partial charge is 0.314 e. The van der Waals surface area contributed by atoms with Gasteiger partial charge in [0.1, 0.15) is 0 Å². The van der Waals surface area contributed by atoms with Crippen molar-refractivity contribution >= 4 is 0 Å². The van der Waals surface area contributed by atoms with E-state index in [0.29, 0.717) is 6.04 Å². The lowest BCUT2D eigenvalue weighted by Crippen LogP contribution is -2.53. The van der Waals surface area contributed by atoms with Gasteiger partial charge in [-0.25, -0.2) is 0 Å². The minimum Gasteiger partial charge on any atom is -0.314 e. The molecule has 0 spiro atoms. The van der Waals surface area contributed by atoms with E-state index >= 15 is 0 Å². The summed E-state index contributed by atoms with van der Waals surface area (Å²) >= 11 is 0. The second kappa shape index (κ2) is 5.69. The molecule has 0 aromatic carbocycles. The number of hydrogen-bond acceptors (Lipinski definition) is 3. The molecule has 0 saturated carbocycles. The van der Waals surface area contributed by atoms with E-state index in [1.54, 1.807) is 0 Å². The third kappa shape index (κ3) is 3.95. The van der Waals surface area contributed by atoms with Crippen LogP contribution in [-0.2, 0) is 0 Å². The van der Waals surface area contributed by atoms with Gasteiger partial charge in [-0.1, -0.05) is 13.8 Å². The van der Waals surface area contributed by atoms with Crippen molar-refractivity contribution in [3.63, 3.8) is 0 Å². The van der Waals surface area contributed by atoms with Crippen molar-refractivity contribution < 1.29 is 0 Å². The molecule has 1 rings (SSSR count). The number of nitrogens with zero attached hydrogens (tertiary/aromatic N) is 2. The lowest BCUT2D eigenvalue weighted by molar-refractivity contribution is 0.146. The minimum absolute atomic E-state index is 0.687. The fourth-order valence-electron chi connectivity index (χ4n) is 2.12. The first-order valence-electron chi connectivity index (χ1n) is 5.69. The Labute approximate surface area is 88.5 Å². The molecule has 3 nitrogen and oxygen atoms in total. The van der Waals surface area contributed by atoms with Gasteiger partial charge in [-0.2, -0.15) is 0 Å². The van der Waals surface area contributed by atoms with E-state index in [1.165, 1.54) is 19.6 Å². The minimum atomic E-state index is 0.687. The Morgan fingerprint density at radius 3 is 2.79 bits per heavy atom. The summed E-state index contributed by atoms with van der Waals surface area (Å²) in [5.41, 5.74) is 0. The zero-order valence-electron chi connectivity index (χ0n) is 10.1. The Balaban J connectivity index is 2.27. The van der Waals surface area contributed by atoms with Crippen molar-refractivity contribution in [2.24, 2.45) is 5.92 Å². The highest BCUT2D eigenvalue weighted by Gasteiger charge is 2.19. The maximum atomic E-state index is 3.46. The fourth-order valence-corrected chi connectivity index (χ4v) is 2.12. The maximum Gasteiger partial charge on any atom is 0.0345 e. The summed E-state index contributed by atoms with van der Waals surface area (Å²) in [6.45, 7) is 10.4. The van der Waals surface area contributed by atoms with E-state index in [9.17, 15) is 0 Å². The van der Waals surface area contributed by atoms with Gasteiger partial charge in [0.05, 0.1) is 0 Å². The van der Waals surface area contributed by atoms with Crippen molar-refractivity contribution in [3.8, 4) is 0 Å². The van der Waals surface area contributed by atoms with E-state index in [0.717, 1.165) is 19.0 Å². The molecule has 1 saturated heterocycles. The topological polar surface area (TPSA) is 18.5 Å². The molecule has 0 bridgehead atoms. The van der Waals surface area contributed by atoms with Crippen molar-refractivity contribution in [2.75, 3.05) is 46.8 Å². The van der Waals surface area contributed by atoms with Crippen molar-refractivity contribution in [1.82, 2.24) is 15.1 Å². The quantitative estimate of drug-likeness (QED) is 0.710. The Bertz CT molecular complexity index is 159. The van der Waals surface area contributed by atoms with Crippen molar-refractivity contribution in [3.05, 3.63) is 0 Å². The Hall–Kier alpha value is -0.120. The number of likely N-dealkylation sites (N-methyl/N-ethyl adjacent to an activating group) is 2. The molecular weight excluding hydrogens is 174 g/mol. The number of piperazine rings is 1. The van der Waals surface area contributed by atoms with Gasteiger partial charge in [0.15, 0.2) is 0 Å². The zero-order valence-corrected chi connectivity index (χ0v) is 10.1. The molecule has 1 fully saturated rings. The van der Waals surface area contributed by atoms with Crippen LogP contribution in [0.15, 0.2) is 0 Å². The molecule has 1 aliphatic heterocycles. The first kappa shape index (κ1) is 12.0. The lowest BCUT2D eigenvalue weighted by Gasteiger charge is -2.36. The van der Waals surface area contributed by atoms with Crippen molar-refractivity contribution in [1.29, 1.82) is 0 Å². The summed E-state index contributed by atoms with van der Waals surface area (Å²) in [6.07, 6.45) is 0. The van der Waals surface area contributed by atoms with E-state index in [2.05, 4.69) is 43.1 Å². The number of rotatable bonds is 4. The summed E-state index contributed by atoms with van der Waals surface area (Å²) in [5, 5.41) is 3.46. The molecule has 1 aliphatic rings. The molecule has 0 amide bonds. The molecule has 14 heavy (non-hydrogen) atoms. The average molecular weight is 199 g/mol. The van der Waals surface area contributed by atoms with E-state index in [4.69, 9.17) is 0 Å². The third-order valence-corrected chi connectivity index (χ3v) is 2.84. The second-order valence-corrected chi connectivity index (χ2v) is 4.95. The molecule has 1 unspecified atom stereocenters. The van der Waals surface area contributed by atoms with E-state index in [-0.39, 0.29) is 0 Å². The molecule has 0 aliphatic carbocycles. The van der Waals surface area contributed by atoms with Gasteiger partial charge >= 0.3 is 0 Å². The van der Waals surface area contributed by atoms with Crippen molar-refractivity contribution in [2.45, 2.75) is 19.9 Å². The van der Waals surface area contributed by atoms with Gasteiger partial charge < -0.3 is 10.2 Å². The zero-order chi connectivity index (χ0) is 10.6. The molecule has 0 aromatic rings. The van der Waals surface area contributed by atoms with Crippen LogP contribution in [0.2, 0.25) is 0 Å². The molecule has 0 radical (unpaired) electrons.